The highest BCUT2D eigenvalue weighted by molar-refractivity contribution is 7.12. The van der Waals surface area contributed by atoms with Crippen molar-refractivity contribution in [3.05, 3.63) is 52.7 Å². The fraction of sp³-hybridized carbons (Fsp3) is 0.440. The molecule has 3 heterocycles. The van der Waals surface area contributed by atoms with Gasteiger partial charge in [0.25, 0.3) is 0 Å². The number of carbonyl (C=O) groups is 2. The Bertz CT molecular complexity index is 1310. The molecular formula is C25H26F6N4O5S. The number of carboxylic acids is 2. The van der Waals surface area contributed by atoms with Crippen LogP contribution >= 0.6 is 11.3 Å². The zero-order valence-corrected chi connectivity index (χ0v) is 22.2. The molecule has 4 rings (SSSR count). The van der Waals surface area contributed by atoms with Gasteiger partial charge >= 0.3 is 24.3 Å². The van der Waals surface area contributed by atoms with Crippen LogP contribution in [0.15, 0.2) is 35.8 Å². The molecule has 224 valence electrons. The number of halogens is 6. The summed E-state index contributed by atoms with van der Waals surface area (Å²) >= 11 is 0.864. The molecule has 1 saturated heterocycles. The van der Waals surface area contributed by atoms with Crippen LogP contribution in [-0.2, 0) is 33.3 Å². The molecule has 2 N–H and O–H groups in total. The van der Waals surface area contributed by atoms with Crippen molar-refractivity contribution in [1.29, 1.82) is 0 Å². The average molecular weight is 609 g/mol. The molecule has 2 aromatic heterocycles. The van der Waals surface area contributed by atoms with Gasteiger partial charge in [-0.1, -0.05) is 18.6 Å². The fourth-order valence-electron chi connectivity index (χ4n) is 4.04. The van der Waals surface area contributed by atoms with E-state index in [2.05, 4.69) is 15.0 Å². The van der Waals surface area contributed by atoms with Gasteiger partial charge in [0, 0.05) is 29.7 Å². The Morgan fingerprint density at radius 3 is 2.29 bits per heavy atom. The lowest BCUT2D eigenvalue weighted by Crippen LogP contribution is -2.31. The highest BCUT2D eigenvalue weighted by Crippen LogP contribution is 2.36. The van der Waals surface area contributed by atoms with Crippen LogP contribution in [0.2, 0.25) is 0 Å². The minimum Gasteiger partial charge on any atom is -0.473 e. The number of aromatic nitrogens is 3. The van der Waals surface area contributed by atoms with Gasteiger partial charge in [0.1, 0.15) is 0 Å². The van der Waals surface area contributed by atoms with Gasteiger partial charge in [-0.25, -0.2) is 19.3 Å². The number of thiazole rings is 1. The third-order valence-electron chi connectivity index (χ3n) is 5.92. The van der Waals surface area contributed by atoms with E-state index in [0.29, 0.717) is 11.3 Å². The number of carboxylic acid groups (broad SMARTS) is 2. The molecule has 0 unspecified atom stereocenters. The highest BCUT2D eigenvalue weighted by atomic mass is 32.1. The predicted molar refractivity (Wildman–Crippen MR) is 135 cm³/mol. The van der Waals surface area contributed by atoms with Gasteiger partial charge in [0.05, 0.1) is 24.1 Å². The summed E-state index contributed by atoms with van der Waals surface area (Å²) in [5.41, 5.74) is -1.69. The van der Waals surface area contributed by atoms with E-state index < -0.39 is 35.5 Å². The van der Waals surface area contributed by atoms with E-state index in [-0.39, 0.29) is 28.6 Å². The van der Waals surface area contributed by atoms with E-state index in [1.807, 2.05) is 0 Å². The first kappa shape index (κ1) is 32.0. The molecule has 0 bridgehead atoms. The van der Waals surface area contributed by atoms with Crippen LogP contribution in [0.4, 0.5) is 26.3 Å². The zero-order chi connectivity index (χ0) is 30.2. The average Bonchev–Trinajstić information content (AvgIpc) is 3.57. The molecule has 1 aromatic carbocycles. The van der Waals surface area contributed by atoms with Crippen LogP contribution in [-0.4, -0.2) is 68.1 Å². The normalized spacial score (nSPS) is 14.4. The molecule has 0 spiro atoms. The lowest BCUT2D eigenvalue weighted by atomic mass is 10.1. The van der Waals surface area contributed by atoms with Crippen molar-refractivity contribution in [2.75, 3.05) is 26.2 Å². The number of likely N-dealkylation sites (tertiary alicyclic amines) is 1. The van der Waals surface area contributed by atoms with Crippen LogP contribution in [0, 0.1) is 0 Å². The summed E-state index contributed by atoms with van der Waals surface area (Å²) in [6.45, 7) is 3.02. The molecule has 0 atom stereocenters. The molecule has 16 heteroatoms. The number of nitrogens with zero attached hydrogens (tertiary/aromatic N) is 4. The molecule has 0 saturated carbocycles. The second-order valence-electron chi connectivity index (χ2n) is 8.94. The van der Waals surface area contributed by atoms with Gasteiger partial charge in [-0.15, -0.1) is 11.3 Å². The molecule has 1 aliphatic heterocycles. The monoisotopic (exact) mass is 608 g/mol. The molecule has 9 nitrogen and oxygen atoms in total. The second kappa shape index (κ2) is 13.9. The van der Waals surface area contributed by atoms with E-state index in [1.165, 1.54) is 36.8 Å². The van der Waals surface area contributed by atoms with Gasteiger partial charge in [0.2, 0.25) is 5.13 Å². The molecule has 3 aromatic rings. The smallest absolute Gasteiger partial charge is 0.433 e. The topological polar surface area (TPSA) is 118 Å². The minimum atomic E-state index is -4.72. The summed E-state index contributed by atoms with van der Waals surface area (Å²) in [5, 5.41) is 20.0. The van der Waals surface area contributed by atoms with Gasteiger partial charge in [0.15, 0.2) is 5.69 Å². The predicted octanol–water partition coefficient (Wildman–Crippen LogP) is 5.58. The first-order chi connectivity index (χ1) is 19.3. The number of hydrogen-bond acceptors (Lipinski definition) is 7. The quantitative estimate of drug-likeness (QED) is 0.193. The number of ether oxygens (including phenoxy) is 1. The Kier molecular flexibility index (Phi) is 10.9. The zero-order valence-electron chi connectivity index (χ0n) is 21.4. The maximum absolute atomic E-state index is 13.9. The largest absolute Gasteiger partial charge is 0.473 e. The van der Waals surface area contributed by atoms with Crippen molar-refractivity contribution >= 4 is 23.3 Å². The lowest BCUT2D eigenvalue weighted by Gasteiger charge is -2.26. The Hall–Kier alpha value is -3.50. The standard InChI is InChI=1S/C23H24F6N4OS.C2H2O4/c24-22(25,26)18-7-4-6-16(12-18)19-15-35-21(31-19)33-20(23(27,28)29)17(13-30-33)14-34-11-5-10-32-8-2-1-3-9-32;3-1(4)2(5)6/h4,6-7,12-13,15H,1-3,5,8-11,14H2;(H,3,4)(H,5,6). The summed E-state index contributed by atoms with van der Waals surface area (Å²) in [6.07, 6.45) is -3.87. The van der Waals surface area contributed by atoms with Gasteiger partial charge in [-0.2, -0.15) is 31.4 Å². The van der Waals surface area contributed by atoms with Crippen molar-refractivity contribution in [1.82, 2.24) is 19.7 Å². The first-order valence-corrected chi connectivity index (χ1v) is 13.2. The van der Waals surface area contributed by atoms with Crippen LogP contribution in [0.1, 0.15) is 42.5 Å². The summed E-state index contributed by atoms with van der Waals surface area (Å²) in [6, 6.07) is 4.48. The molecule has 1 aliphatic rings. The summed E-state index contributed by atoms with van der Waals surface area (Å²) in [7, 11) is 0. The SMILES string of the molecule is FC(F)(F)c1cccc(-c2csc(-n3ncc(COCCCN4CCCCC4)c3C(F)(F)F)n2)c1.O=C(O)C(=O)O. The van der Waals surface area contributed by atoms with Crippen LogP contribution < -0.4 is 0 Å². The Morgan fingerprint density at radius 2 is 1.68 bits per heavy atom. The maximum Gasteiger partial charge on any atom is 0.433 e. The Labute approximate surface area is 234 Å². The minimum absolute atomic E-state index is 0.0962. The van der Waals surface area contributed by atoms with E-state index in [9.17, 15) is 26.3 Å². The molecule has 0 radical (unpaired) electrons. The first-order valence-electron chi connectivity index (χ1n) is 12.3. The van der Waals surface area contributed by atoms with Crippen LogP contribution in [0.3, 0.4) is 0 Å². The molecular weight excluding hydrogens is 582 g/mol. The Morgan fingerprint density at radius 1 is 1.00 bits per heavy atom. The van der Waals surface area contributed by atoms with Gasteiger partial charge in [-0.05, 0) is 44.5 Å². The number of rotatable bonds is 8. The van der Waals surface area contributed by atoms with E-state index in [0.717, 1.165) is 55.7 Å². The van der Waals surface area contributed by atoms with Crippen molar-refractivity contribution in [3.63, 3.8) is 0 Å². The number of alkyl halides is 6. The molecule has 1 fully saturated rings. The number of aliphatic carboxylic acids is 2. The number of benzene rings is 1. The third kappa shape index (κ3) is 9.26. The summed E-state index contributed by atoms with van der Waals surface area (Å²) in [5.74, 6) is -3.65. The van der Waals surface area contributed by atoms with Gasteiger partial charge < -0.3 is 19.8 Å². The van der Waals surface area contributed by atoms with E-state index in [4.69, 9.17) is 24.5 Å². The number of hydrogen-bond donors (Lipinski definition) is 2. The van der Waals surface area contributed by atoms with Crippen LogP contribution in [0.25, 0.3) is 16.4 Å². The van der Waals surface area contributed by atoms with Crippen molar-refractivity contribution in [3.8, 4) is 16.4 Å². The lowest BCUT2D eigenvalue weighted by molar-refractivity contribution is -0.159. The van der Waals surface area contributed by atoms with Crippen molar-refractivity contribution in [2.24, 2.45) is 0 Å². The third-order valence-corrected chi connectivity index (χ3v) is 6.74. The maximum atomic E-state index is 13.9. The molecule has 0 amide bonds. The van der Waals surface area contributed by atoms with Crippen LogP contribution in [0.5, 0.6) is 0 Å². The molecule has 0 aliphatic carbocycles. The fourth-order valence-corrected chi connectivity index (χ4v) is 4.83. The number of piperidine rings is 1. The molecule has 41 heavy (non-hydrogen) atoms. The van der Waals surface area contributed by atoms with Gasteiger partial charge in [-0.3, -0.25) is 0 Å². The van der Waals surface area contributed by atoms with E-state index in [1.54, 1.807) is 0 Å². The second-order valence-corrected chi connectivity index (χ2v) is 9.78. The van der Waals surface area contributed by atoms with Crippen molar-refractivity contribution < 1.29 is 50.9 Å². The summed E-state index contributed by atoms with van der Waals surface area (Å²) in [4.78, 5) is 24.7. The van der Waals surface area contributed by atoms with E-state index >= 15 is 0 Å². The Balaban J connectivity index is 0.000000696. The highest BCUT2D eigenvalue weighted by Gasteiger charge is 2.39. The van der Waals surface area contributed by atoms with Crippen molar-refractivity contribution in [2.45, 2.75) is 44.6 Å². The summed E-state index contributed by atoms with van der Waals surface area (Å²) < 4.78 is 86.9.